The Hall–Kier alpha value is -2.30. The number of hydrogen-bond donors (Lipinski definition) is 0. The van der Waals surface area contributed by atoms with Gasteiger partial charge in [0.2, 0.25) is 0 Å². The summed E-state index contributed by atoms with van der Waals surface area (Å²) < 4.78 is 0. The highest BCUT2D eigenvalue weighted by molar-refractivity contribution is 6.30. The summed E-state index contributed by atoms with van der Waals surface area (Å²) in [6.07, 6.45) is 1.80. The SMILES string of the molecule is Clc1ccc(C#Cc2cnc3ccccc3c2)cc1. The first-order chi connectivity index (χ1) is 9.31. The van der Waals surface area contributed by atoms with E-state index >= 15 is 0 Å². The van der Waals surface area contributed by atoms with E-state index in [4.69, 9.17) is 11.6 Å². The van der Waals surface area contributed by atoms with Crippen LogP contribution in [0, 0.1) is 11.8 Å². The number of fused-ring (bicyclic) bond motifs is 1. The summed E-state index contributed by atoms with van der Waals surface area (Å²) in [6.45, 7) is 0. The zero-order valence-electron chi connectivity index (χ0n) is 10.1. The molecule has 0 unspecified atom stereocenters. The van der Waals surface area contributed by atoms with Gasteiger partial charge in [0.05, 0.1) is 5.52 Å². The second kappa shape index (κ2) is 5.14. The molecule has 1 heterocycles. The normalized spacial score (nSPS) is 9.95. The van der Waals surface area contributed by atoms with Crippen LogP contribution >= 0.6 is 11.6 Å². The van der Waals surface area contributed by atoms with Crippen molar-refractivity contribution in [3.63, 3.8) is 0 Å². The fourth-order valence-corrected chi connectivity index (χ4v) is 1.94. The molecule has 0 aliphatic heterocycles. The van der Waals surface area contributed by atoms with Gasteiger partial charge in [0.1, 0.15) is 0 Å². The first-order valence-electron chi connectivity index (χ1n) is 5.94. The van der Waals surface area contributed by atoms with Crippen molar-refractivity contribution in [3.8, 4) is 11.8 Å². The standard InChI is InChI=1S/C17H10ClN/c18-16-9-7-13(8-10-16)5-6-14-11-15-3-1-2-4-17(15)19-12-14/h1-4,7-12H. The average molecular weight is 264 g/mol. The third-order valence-corrected chi connectivity index (χ3v) is 3.04. The van der Waals surface area contributed by atoms with Crippen molar-refractivity contribution in [2.75, 3.05) is 0 Å². The van der Waals surface area contributed by atoms with Crippen molar-refractivity contribution in [3.05, 3.63) is 76.9 Å². The maximum Gasteiger partial charge on any atom is 0.0702 e. The molecule has 0 spiro atoms. The molecule has 90 valence electrons. The molecule has 19 heavy (non-hydrogen) atoms. The minimum absolute atomic E-state index is 0.720. The van der Waals surface area contributed by atoms with Gasteiger partial charge in [-0.1, -0.05) is 41.6 Å². The van der Waals surface area contributed by atoms with Crippen molar-refractivity contribution in [1.29, 1.82) is 0 Å². The van der Waals surface area contributed by atoms with E-state index in [0.29, 0.717) is 0 Å². The van der Waals surface area contributed by atoms with E-state index in [0.717, 1.165) is 27.1 Å². The maximum absolute atomic E-state index is 5.84. The number of benzene rings is 2. The van der Waals surface area contributed by atoms with Gasteiger partial charge in [-0.25, -0.2) is 0 Å². The Balaban J connectivity index is 1.95. The number of halogens is 1. The molecule has 0 atom stereocenters. The molecular weight excluding hydrogens is 254 g/mol. The Morgan fingerprint density at radius 1 is 0.842 bits per heavy atom. The van der Waals surface area contributed by atoms with Gasteiger partial charge in [0.25, 0.3) is 0 Å². The number of aromatic nitrogens is 1. The summed E-state index contributed by atoms with van der Waals surface area (Å²) >= 11 is 5.84. The summed E-state index contributed by atoms with van der Waals surface area (Å²) in [6, 6.07) is 17.5. The minimum atomic E-state index is 0.720. The van der Waals surface area contributed by atoms with Gasteiger partial charge in [0, 0.05) is 27.7 Å². The Labute approximate surface area is 116 Å². The van der Waals surface area contributed by atoms with Crippen LogP contribution in [0.2, 0.25) is 5.02 Å². The molecule has 3 aromatic rings. The van der Waals surface area contributed by atoms with Gasteiger partial charge >= 0.3 is 0 Å². The second-order valence-corrected chi connectivity index (χ2v) is 4.61. The van der Waals surface area contributed by atoms with Crippen molar-refractivity contribution < 1.29 is 0 Å². The molecule has 0 amide bonds. The van der Waals surface area contributed by atoms with Gasteiger partial charge in [-0.3, -0.25) is 4.98 Å². The maximum atomic E-state index is 5.84. The average Bonchev–Trinajstić information content (AvgIpc) is 2.46. The quantitative estimate of drug-likeness (QED) is 0.552. The van der Waals surface area contributed by atoms with Gasteiger partial charge in [-0.15, -0.1) is 0 Å². The van der Waals surface area contributed by atoms with Crippen molar-refractivity contribution in [2.45, 2.75) is 0 Å². The highest BCUT2D eigenvalue weighted by atomic mass is 35.5. The lowest BCUT2D eigenvalue weighted by Crippen LogP contribution is -1.81. The van der Waals surface area contributed by atoms with Crippen molar-refractivity contribution in [2.24, 2.45) is 0 Å². The lowest BCUT2D eigenvalue weighted by atomic mass is 10.1. The number of hydrogen-bond acceptors (Lipinski definition) is 1. The topological polar surface area (TPSA) is 12.9 Å². The molecule has 0 N–H and O–H groups in total. The predicted molar refractivity (Wildman–Crippen MR) is 79.2 cm³/mol. The zero-order chi connectivity index (χ0) is 13.1. The van der Waals surface area contributed by atoms with Crippen LogP contribution in [0.5, 0.6) is 0 Å². The number of pyridine rings is 1. The Kier molecular flexibility index (Phi) is 3.18. The fraction of sp³-hybridized carbons (Fsp3) is 0. The molecule has 0 aliphatic carbocycles. The first kappa shape index (κ1) is 11.8. The van der Waals surface area contributed by atoms with Crippen LogP contribution in [0.4, 0.5) is 0 Å². The Morgan fingerprint density at radius 3 is 2.42 bits per heavy atom. The van der Waals surface area contributed by atoms with Crippen LogP contribution in [0.15, 0.2) is 60.8 Å². The Bertz CT molecular complexity index is 779. The molecule has 0 bridgehead atoms. The lowest BCUT2D eigenvalue weighted by Gasteiger charge is -1.96. The van der Waals surface area contributed by atoms with Crippen molar-refractivity contribution in [1.82, 2.24) is 4.98 Å². The first-order valence-corrected chi connectivity index (χ1v) is 6.31. The molecule has 0 saturated heterocycles. The summed E-state index contributed by atoms with van der Waals surface area (Å²) in [5.74, 6) is 6.22. The lowest BCUT2D eigenvalue weighted by molar-refractivity contribution is 1.39. The van der Waals surface area contributed by atoms with Gasteiger partial charge in [0.15, 0.2) is 0 Å². The van der Waals surface area contributed by atoms with E-state index in [1.165, 1.54) is 0 Å². The number of nitrogens with zero attached hydrogens (tertiary/aromatic N) is 1. The summed E-state index contributed by atoms with van der Waals surface area (Å²) in [5, 5.41) is 1.82. The van der Waals surface area contributed by atoms with Crippen LogP contribution in [0.25, 0.3) is 10.9 Å². The van der Waals surface area contributed by atoms with Gasteiger partial charge < -0.3 is 0 Å². The summed E-state index contributed by atoms with van der Waals surface area (Å²) in [4.78, 5) is 4.38. The molecule has 0 radical (unpaired) electrons. The van der Waals surface area contributed by atoms with Crippen LogP contribution in [-0.2, 0) is 0 Å². The van der Waals surface area contributed by atoms with E-state index < -0.39 is 0 Å². The van der Waals surface area contributed by atoms with Crippen LogP contribution < -0.4 is 0 Å². The van der Waals surface area contributed by atoms with E-state index in [2.05, 4.69) is 16.8 Å². The van der Waals surface area contributed by atoms with Crippen molar-refractivity contribution >= 4 is 22.5 Å². The zero-order valence-corrected chi connectivity index (χ0v) is 10.9. The molecule has 3 rings (SSSR count). The van der Waals surface area contributed by atoms with E-state index in [-0.39, 0.29) is 0 Å². The largest absolute Gasteiger partial charge is 0.255 e. The molecular formula is C17H10ClN. The molecule has 2 aromatic carbocycles. The Morgan fingerprint density at radius 2 is 1.58 bits per heavy atom. The smallest absolute Gasteiger partial charge is 0.0702 e. The van der Waals surface area contributed by atoms with E-state index in [1.54, 1.807) is 6.20 Å². The predicted octanol–water partition coefficient (Wildman–Crippen LogP) is 4.29. The summed E-state index contributed by atoms with van der Waals surface area (Å²) in [7, 11) is 0. The molecule has 0 aliphatic rings. The number of rotatable bonds is 0. The minimum Gasteiger partial charge on any atom is -0.255 e. The molecule has 0 fully saturated rings. The summed E-state index contributed by atoms with van der Waals surface area (Å²) in [5.41, 5.74) is 2.84. The molecule has 1 nitrogen and oxygen atoms in total. The van der Waals surface area contributed by atoms with E-state index in [9.17, 15) is 0 Å². The second-order valence-electron chi connectivity index (χ2n) is 4.17. The van der Waals surface area contributed by atoms with Gasteiger partial charge in [-0.05, 0) is 36.4 Å². The molecule has 1 aromatic heterocycles. The fourth-order valence-electron chi connectivity index (χ4n) is 1.82. The van der Waals surface area contributed by atoms with Crippen LogP contribution in [0.3, 0.4) is 0 Å². The van der Waals surface area contributed by atoms with E-state index in [1.807, 2.05) is 54.6 Å². The molecule has 0 saturated carbocycles. The van der Waals surface area contributed by atoms with Gasteiger partial charge in [-0.2, -0.15) is 0 Å². The van der Waals surface area contributed by atoms with Crippen LogP contribution in [0.1, 0.15) is 11.1 Å². The third-order valence-electron chi connectivity index (χ3n) is 2.79. The van der Waals surface area contributed by atoms with Crippen LogP contribution in [-0.4, -0.2) is 4.98 Å². The highest BCUT2D eigenvalue weighted by Gasteiger charge is 1.94. The molecule has 2 heteroatoms. The number of para-hydroxylation sites is 1. The third kappa shape index (κ3) is 2.76. The monoisotopic (exact) mass is 263 g/mol. The highest BCUT2D eigenvalue weighted by Crippen LogP contribution is 2.12.